The Hall–Kier alpha value is -3.19. The van der Waals surface area contributed by atoms with Crippen LogP contribution in [0.15, 0.2) is 84.0 Å². The van der Waals surface area contributed by atoms with Crippen LogP contribution in [0.2, 0.25) is 0 Å². The molecule has 0 unspecified atom stereocenters. The Morgan fingerprint density at radius 2 is 1.67 bits per heavy atom. The number of benzene rings is 2. The SMILES string of the molecule is Cc1ccc(S(=O)(=O)N(CCC(=O)N(C)Cc2cccnc2)c2ccccc2)cc1. The van der Waals surface area contributed by atoms with Crippen LogP contribution in [0, 0.1) is 6.92 Å². The highest BCUT2D eigenvalue weighted by atomic mass is 32.2. The van der Waals surface area contributed by atoms with Crippen molar-refractivity contribution in [2.45, 2.75) is 24.8 Å². The van der Waals surface area contributed by atoms with Crippen LogP contribution in [0.5, 0.6) is 0 Å². The molecule has 0 aliphatic carbocycles. The van der Waals surface area contributed by atoms with E-state index in [1.807, 2.05) is 25.1 Å². The lowest BCUT2D eigenvalue weighted by atomic mass is 10.2. The first-order valence-electron chi connectivity index (χ1n) is 9.65. The van der Waals surface area contributed by atoms with Gasteiger partial charge in [-0.3, -0.25) is 14.1 Å². The highest BCUT2D eigenvalue weighted by molar-refractivity contribution is 7.92. The fourth-order valence-corrected chi connectivity index (χ4v) is 4.53. The molecule has 3 aromatic rings. The normalized spacial score (nSPS) is 11.1. The van der Waals surface area contributed by atoms with Gasteiger partial charge in [0.05, 0.1) is 10.6 Å². The van der Waals surface area contributed by atoms with Crippen LogP contribution in [-0.4, -0.2) is 37.8 Å². The summed E-state index contributed by atoms with van der Waals surface area (Å²) >= 11 is 0. The average molecular weight is 424 g/mol. The van der Waals surface area contributed by atoms with E-state index in [1.54, 1.807) is 72.9 Å². The van der Waals surface area contributed by atoms with Crippen molar-refractivity contribution in [1.29, 1.82) is 0 Å². The number of aryl methyl sites for hydroxylation is 1. The van der Waals surface area contributed by atoms with Crippen molar-refractivity contribution in [2.24, 2.45) is 0 Å². The summed E-state index contributed by atoms with van der Waals surface area (Å²) in [5.74, 6) is -0.140. The molecule has 0 aliphatic rings. The maximum atomic E-state index is 13.3. The number of aromatic nitrogens is 1. The zero-order valence-electron chi connectivity index (χ0n) is 17.1. The molecule has 1 aromatic heterocycles. The second-order valence-electron chi connectivity index (χ2n) is 7.09. The number of rotatable bonds is 8. The molecular formula is C23H25N3O3S. The second kappa shape index (κ2) is 9.54. The molecule has 0 aliphatic heterocycles. The first-order valence-corrected chi connectivity index (χ1v) is 11.1. The first-order chi connectivity index (χ1) is 14.4. The van der Waals surface area contributed by atoms with Crippen LogP contribution in [0.1, 0.15) is 17.5 Å². The molecule has 0 N–H and O–H groups in total. The van der Waals surface area contributed by atoms with Gasteiger partial charge in [-0.15, -0.1) is 0 Å². The van der Waals surface area contributed by atoms with E-state index < -0.39 is 10.0 Å². The summed E-state index contributed by atoms with van der Waals surface area (Å²) in [5.41, 5.74) is 2.42. The number of hydrogen-bond donors (Lipinski definition) is 0. The zero-order chi connectivity index (χ0) is 21.6. The van der Waals surface area contributed by atoms with E-state index >= 15 is 0 Å². The Morgan fingerprint density at radius 1 is 0.967 bits per heavy atom. The molecule has 0 radical (unpaired) electrons. The van der Waals surface area contributed by atoms with Gasteiger partial charge in [-0.25, -0.2) is 8.42 Å². The highest BCUT2D eigenvalue weighted by Crippen LogP contribution is 2.24. The minimum atomic E-state index is -3.80. The Labute approximate surface area is 177 Å². The number of pyridine rings is 1. The standard InChI is InChI=1S/C23H25N3O3S/c1-19-10-12-22(13-11-19)30(28,29)26(21-8-4-3-5-9-21)16-14-23(27)25(2)18-20-7-6-15-24-17-20/h3-13,15,17H,14,16,18H2,1-2H3. The lowest BCUT2D eigenvalue weighted by molar-refractivity contribution is -0.130. The maximum absolute atomic E-state index is 13.3. The lowest BCUT2D eigenvalue weighted by Crippen LogP contribution is -2.36. The molecule has 0 fully saturated rings. The quantitative estimate of drug-likeness (QED) is 0.555. The van der Waals surface area contributed by atoms with E-state index in [4.69, 9.17) is 0 Å². The molecule has 3 rings (SSSR count). The van der Waals surface area contributed by atoms with E-state index in [-0.39, 0.29) is 23.8 Å². The summed E-state index contributed by atoms with van der Waals surface area (Å²) in [6.07, 6.45) is 3.46. The third kappa shape index (κ3) is 5.24. The first kappa shape index (κ1) is 21.5. The molecular weight excluding hydrogens is 398 g/mol. The fourth-order valence-electron chi connectivity index (χ4n) is 3.06. The van der Waals surface area contributed by atoms with Crippen molar-refractivity contribution in [1.82, 2.24) is 9.88 Å². The summed E-state index contributed by atoms with van der Waals surface area (Å²) in [6, 6.07) is 19.3. The summed E-state index contributed by atoms with van der Waals surface area (Å²) in [4.78, 5) is 18.5. The van der Waals surface area contributed by atoms with Crippen LogP contribution >= 0.6 is 0 Å². The second-order valence-corrected chi connectivity index (χ2v) is 8.95. The van der Waals surface area contributed by atoms with Crippen molar-refractivity contribution in [3.8, 4) is 0 Å². The molecule has 156 valence electrons. The number of amides is 1. The van der Waals surface area contributed by atoms with E-state index in [9.17, 15) is 13.2 Å². The molecule has 0 saturated carbocycles. The smallest absolute Gasteiger partial charge is 0.264 e. The largest absolute Gasteiger partial charge is 0.341 e. The van der Waals surface area contributed by atoms with Crippen molar-refractivity contribution >= 4 is 21.6 Å². The molecule has 0 saturated heterocycles. The number of hydrogen-bond acceptors (Lipinski definition) is 4. The van der Waals surface area contributed by atoms with E-state index in [0.29, 0.717) is 12.2 Å². The molecule has 1 heterocycles. The van der Waals surface area contributed by atoms with Gasteiger partial charge >= 0.3 is 0 Å². The van der Waals surface area contributed by atoms with E-state index in [0.717, 1.165) is 11.1 Å². The summed E-state index contributed by atoms with van der Waals surface area (Å²) < 4.78 is 27.9. The monoisotopic (exact) mass is 423 g/mol. The van der Waals surface area contributed by atoms with Gasteiger partial charge in [-0.1, -0.05) is 42.0 Å². The number of nitrogens with zero attached hydrogens (tertiary/aromatic N) is 3. The number of carbonyl (C=O) groups excluding carboxylic acids is 1. The van der Waals surface area contributed by atoms with Crippen LogP contribution in [0.4, 0.5) is 5.69 Å². The molecule has 1 amide bonds. The van der Waals surface area contributed by atoms with Gasteiger partial charge < -0.3 is 4.90 Å². The van der Waals surface area contributed by atoms with Crippen molar-refractivity contribution in [2.75, 3.05) is 17.9 Å². The zero-order valence-corrected chi connectivity index (χ0v) is 17.9. The predicted molar refractivity (Wildman–Crippen MR) is 117 cm³/mol. The number of sulfonamides is 1. The molecule has 0 spiro atoms. The molecule has 0 bridgehead atoms. The molecule has 30 heavy (non-hydrogen) atoms. The Bertz CT molecular complexity index is 1070. The minimum Gasteiger partial charge on any atom is -0.341 e. The van der Waals surface area contributed by atoms with Crippen molar-refractivity contribution in [3.63, 3.8) is 0 Å². The number of carbonyl (C=O) groups is 1. The fraction of sp³-hybridized carbons (Fsp3) is 0.217. The van der Waals surface area contributed by atoms with Gasteiger partial charge in [0.15, 0.2) is 0 Å². The van der Waals surface area contributed by atoms with Gasteiger partial charge in [-0.2, -0.15) is 0 Å². The van der Waals surface area contributed by atoms with Gasteiger partial charge in [0.25, 0.3) is 10.0 Å². The predicted octanol–water partition coefficient (Wildman–Crippen LogP) is 3.63. The van der Waals surface area contributed by atoms with Crippen LogP contribution in [0.3, 0.4) is 0 Å². The molecule has 2 aromatic carbocycles. The highest BCUT2D eigenvalue weighted by Gasteiger charge is 2.26. The third-order valence-electron chi connectivity index (χ3n) is 4.75. The summed E-state index contributed by atoms with van der Waals surface area (Å²) in [6.45, 7) is 2.38. The molecule has 7 heteroatoms. The lowest BCUT2D eigenvalue weighted by Gasteiger charge is -2.25. The Kier molecular flexibility index (Phi) is 6.84. The van der Waals surface area contributed by atoms with Crippen LogP contribution in [0.25, 0.3) is 0 Å². The van der Waals surface area contributed by atoms with Crippen LogP contribution in [-0.2, 0) is 21.4 Å². The van der Waals surface area contributed by atoms with Crippen molar-refractivity contribution in [3.05, 3.63) is 90.3 Å². The Morgan fingerprint density at radius 3 is 2.30 bits per heavy atom. The maximum Gasteiger partial charge on any atom is 0.264 e. The topological polar surface area (TPSA) is 70.6 Å². The van der Waals surface area contributed by atoms with Gasteiger partial charge in [0, 0.05) is 39.0 Å². The van der Waals surface area contributed by atoms with Gasteiger partial charge in [-0.05, 0) is 42.8 Å². The summed E-state index contributed by atoms with van der Waals surface area (Å²) in [7, 11) is -2.09. The third-order valence-corrected chi connectivity index (χ3v) is 6.59. The van der Waals surface area contributed by atoms with Crippen LogP contribution < -0.4 is 4.31 Å². The number of para-hydroxylation sites is 1. The summed E-state index contributed by atoms with van der Waals surface area (Å²) in [5, 5.41) is 0. The van der Waals surface area contributed by atoms with Crippen molar-refractivity contribution < 1.29 is 13.2 Å². The van der Waals surface area contributed by atoms with E-state index in [1.165, 1.54) is 4.31 Å². The Balaban J connectivity index is 1.78. The van der Waals surface area contributed by atoms with Gasteiger partial charge in [0.2, 0.25) is 5.91 Å². The van der Waals surface area contributed by atoms with E-state index in [2.05, 4.69) is 4.98 Å². The minimum absolute atomic E-state index is 0.0520. The van der Waals surface area contributed by atoms with Gasteiger partial charge in [0.1, 0.15) is 0 Å². The average Bonchev–Trinajstić information content (AvgIpc) is 2.75. The molecule has 0 atom stereocenters. The number of anilines is 1. The molecule has 6 nitrogen and oxygen atoms in total.